The number of benzene rings is 1. The molecule has 5 nitrogen and oxygen atoms in total. The van der Waals surface area contributed by atoms with E-state index in [2.05, 4.69) is 10.6 Å². The van der Waals surface area contributed by atoms with Crippen LogP contribution in [0.4, 0.5) is 14.9 Å². The van der Waals surface area contributed by atoms with E-state index in [1.54, 1.807) is 32.9 Å². The maximum absolute atomic E-state index is 13.5. The molecule has 2 N–H and O–H groups in total. The van der Waals surface area contributed by atoms with Crippen LogP contribution < -0.4 is 15.4 Å². The second-order valence-corrected chi connectivity index (χ2v) is 5.78. The number of hydrogen-bond acceptors (Lipinski definition) is 4. The second-order valence-electron chi connectivity index (χ2n) is 5.78. The summed E-state index contributed by atoms with van der Waals surface area (Å²) in [5.74, 6) is -0.241. The van der Waals surface area contributed by atoms with Gasteiger partial charge in [0.1, 0.15) is 5.60 Å². The molecule has 118 valence electrons. The molecule has 1 amide bonds. The molecule has 0 spiro atoms. The van der Waals surface area contributed by atoms with E-state index in [4.69, 9.17) is 9.47 Å². The Bertz CT molecular complexity index is 486. The van der Waals surface area contributed by atoms with Crippen LogP contribution in [0.3, 0.4) is 0 Å². The van der Waals surface area contributed by atoms with Crippen molar-refractivity contribution in [3.05, 3.63) is 24.0 Å². The van der Waals surface area contributed by atoms with Crippen LogP contribution in [-0.4, -0.2) is 31.4 Å². The van der Waals surface area contributed by atoms with Gasteiger partial charge in [0.2, 0.25) is 0 Å². The van der Waals surface area contributed by atoms with Crippen LogP contribution in [0.2, 0.25) is 0 Å². The topological polar surface area (TPSA) is 59.6 Å². The lowest BCUT2D eigenvalue weighted by Gasteiger charge is -2.21. The molecule has 1 rings (SSSR count). The van der Waals surface area contributed by atoms with Gasteiger partial charge < -0.3 is 20.1 Å². The van der Waals surface area contributed by atoms with Gasteiger partial charge in [0.15, 0.2) is 11.6 Å². The van der Waals surface area contributed by atoms with E-state index in [1.807, 2.05) is 6.92 Å². The number of carbonyl (C=O) groups excluding carboxylic acids is 1. The van der Waals surface area contributed by atoms with Gasteiger partial charge in [0, 0.05) is 24.3 Å². The number of halogens is 1. The first kappa shape index (κ1) is 17.1. The van der Waals surface area contributed by atoms with E-state index in [0.717, 1.165) is 0 Å². The molecule has 1 aromatic carbocycles. The van der Waals surface area contributed by atoms with E-state index < -0.39 is 17.5 Å². The van der Waals surface area contributed by atoms with Gasteiger partial charge >= 0.3 is 6.09 Å². The molecule has 0 bridgehead atoms. The molecular formula is C15H23FN2O3. The second kappa shape index (κ2) is 7.15. The Morgan fingerprint density at radius 1 is 1.38 bits per heavy atom. The fraction of sp³-hybridized carbons (Fsp3) is 0.533. The third-order valence-corrected chi connectivity index (χ3v) is 2.52. The van der Waals surface area contributed by atoms with Crippen molar-refractivity contribution >= 4 is 11.8 Å². The Labute approximate surface area is 124 Å². The average molecular weight is 298 g/mol. The molecule has 0 fully saturated rings. The lowest BCUT2D eigenvalue weighted by molar-refractivity contribution is 0.0526. The van der Waals surface area contributed by atoms with Crippen LogP contribution in [-0.2, 0) is 4.74 Å². The van der Waals surface area contributed by atoms with Crippen molar-refractivity contribution in [1.29, 1.82) is 0 Å². The fourth-order valence-electron chi connectivity index (χ4n) is 1.64. The number of rotatable bonds is 5. The maximum atomic E-state index is 13.5. The highest BCUT2D eigenvalue weighted by molar-refractivity contribution is 5.67. The molecule has 0 aromatic heterocycles. The van der Waals surface area contributed by atoms with E-state index in [0.29, 0.717) is 12.2 Å². The van der Waals surface area contributed by atoms with E-state index in [1.165, 1.54) is 13.2 Å². The Hall–Kier alpha value is -1.98. The van der Waals surface area contributed by atoms with Gasteiger partial charge in [-0.2, -0.15) is 0 Å². The normalized spacial score (nSPS) is 12.5. The van der Waals surface area contributed by atoms with Gasteiger partial charge in [0.05, 0.1) is 7.11 Å². The molecule has 0 saturated carbocycles. The monoisotopic (exact) mass is 298 g/mol. The minimum Gasteiger partial charge on any atom is -0.494 e. The summed E-state index contributed by atoms with van der Waals surface area (Å²) in [6.45, 7) is 7.64. The number of nitrogens with one attached hydrogen (secondary N) is 2. The van der Waals surface area contributed by atoms with E-state index >= 15 is 0 Å². The number of amides is 1. The number of anilines is 1. The highest BCUT2D eigenvalue weighted by atomic mass is 19.1. The summed E-state index contributed by atoms with van der Waals surface area (Å²) < 4.78 is 23.5. The Kier molecular flexibility index (Phi) is 5.81. The Morgan fingerprint density at radius 3 is 2.57 bits per heavy atom. The molecule has 0 aliphatic carbocycles. The molecule has 0 aliphatic heterocycles. The third-order valence-electron chi connectivity index (χ3n) is 2.52. The molecule has 1 atom stereocenters. The zero-order valence-corrected chi connectivity index (χ0v) is 13.1. The zero-order chi connectivity index (χ0) is 16.0. The summed E-state index contributed by atoms with van der Waals surface area (Å²) in [5, 5.41) is 5.74. The van der Waals surface area contributed by atoms with Crippen LogP contribution in [0.25, 0.3) is 0 Å². The Balaban J connectivity index is 2.45. The van der Waals surface area contributed by atoms with Gasteiger partial charge in [-0.25, -0.2) is 9.18 Å². The van der Waals surface area contributed by atoms with Gasteiger partial charge in [0.25, 0.3) is 0 Å². The number of methoxy groups -OCH3 is 1. The van der Waals surface area contributed by atoms with E-state index in [-0.39, 0.29) is 11.8 Å². The number of hydrogen-bond donors (Lipinski definition) is 2. The lowest BCUT2D eigenvalue weighted by atomic mass is 10.2. The highest BCUT2D eigenvalue weighted by Gasteiger charge is 2.16. The zero-order valence-electron chi connectivity index (χ0n) is 13.1. The van der Waals surface area contributed by atoms with Crippen LogP contribution >= 0.6 is 0 Å². The molecule has 1 aromatic rings. The first-order chi connectivity index (χ1) is 9.71. The summed E-state index contributed by atoms with van der Waals surface area (Å²) in [7, 11) is 1.42. The average Bonchev–Trinajstić information content (AvgIpc) is 2.34. The third kappa shape index (κ3) is 6.33. The van der Waals surface area contributed by atoms with Gasteiger partial charge in [-0.3, -0.25) is 0 Å². The van der Waals surface area contributed by atoms with Crippen LogP contribution in [0.5, 0.6) is 5.75 Å². The summed E-state index contributed by atoms with van der Waals surface area (Å²) in [4.78, 5) is 11.5. The van der Waals surface area contributed by atoms with Crippen LogP contribution in [0.15, 0.2) is 18.2 Å². The number of carbonyl (C=O) groups is 1. The van der Waals surface area contributed by atoms with Gasteiger partial charge in [-0.1, -0.05) is 0 Å². The molecule has 0 radical (unpaired) electrons. The van der Waals surface area contributed by atoms with Crippen molar-refractivity contribution < 1.29 is 18.7 Å². The molecule has 0 aliphatic rings. The molecule has 0 saturated heterocycles. The lowest BCUT2D eigenvalue weighted by Crippen LogP contribution is -2.38. The van der Waals surface area contributed by atoms with E-state index in [9.17, 15) is 9.18 Å². The number of ether oxygens (including phenoxy) is 2. The van der Waals surface area contributed by atoms with Crippen molar-refractivity contribution in [3.8, 4) is 5.75 Å². The van der Waals surface area contributed by atoms with Crippen molar-refractivity contribution in [2.45, 2.75) is 39.3 Å². The highest BCUT2D eigenvalue weighted by Crippen LogP contribution is 2.20. The largest absolute Gasteiger partial charge is 0.494 e. The fourth-order valence-corrected chi connectivity index (χ4v) is 1.64. The van der Waals surface area contributed by atoms with Crippen LogP contribution in [0.1, 0.15) is 27.7 Å². The SMILES string of the molecule is COc1ccc(NC(C)CNC(=O)OC(C)(C)C)cc1F. The minimum absolute atomic E-state index is 0.0784. The summed E-state index contributed by atoms with van der Waals surface area (Å²) in [5.41, 5.74) is 0.0895. The van der Waals surface area contributed by atoms with Gasteiger partial charge in [-0.15, -0.1) is 0 Å². The first-order valence-electron chi connectivity index (χ1n) is 6.78. The van der Waals surface area contributed by atoms with Gasteiger partial charge in [-0.05, 0) is 39.8 Å². The predicted molar refractivity (Wildman–Crippen MR) is 80.3 cm³/mol. The van der Waals surface area contributed by atoms with Crippen molar-refractivity contribution in [3.63, 3.8) is 0 Å². The van der Waals surface area contributed by atoms with Crippen molar-refractivity contribution in [2.24, 2.45) is 0 Å². The summed E-state index contributed by atoms with van der Waals surface area (Å²) in [6.07, 6.45) is -0.475. The van der Waals surface area contributed by atoms with Crippen LogP contribution in [0, 0.1) is 5.82 Å². The molecule has 0 heterocycles. The minimum atomic E-state index is -0.528. The smallest absolute Gasteiger partial charge is 0.407 e. The number of alkyl carbamates (subject to hydrolysis) is 1. The van der Waals surface area contributed by atoms with Crippen molar-refractivity contribution in [1.82, 2.24) is 5.32 Å². The predicted octanol–water partition coefficient (Wildman–Crippen LogP) is 3.16. The molecule has 1 unspecified atom stereocenters. The molecule has 21 heavy (non-hydrogen) atoms. The van der Waals surface area contributed by atoms with Crippen molar-refractivity contribution in [2.75, 3.05) is 19.0 Å². The first-order valence-corrected chi connectivity index (χ1v) is 6.78. The Morgan fingerprint density at radius 2 is 2.05 bits per heavy atom. The molecular weight excluding hydrogens is 275 g/mol. The summed E-state index contributed by atoms with van der Waals surface area (Å²) in [6, 6.07) is 4.53. The standard InChI is InChI=1S/C15H23FN2O3/c1-10(9-17-14(19)21-15(2,3)4)18-11-6-7-13(20-5)12(16)8-11/h6-8,10,18H,9H2,1-5H3,(H,17,19). The quantitative estimate of drug-likeness (QED) is 0.876. The molecule has 6 heteroatoms. The summed E-state index contributed by atoms with van der Waals surface area (Å²) >= 11 is 0. The maximum Gasteiger partial charge on any atom is 0.407 e.